The van der Waals surface area contributed by atoms with Crippen molar-refractivity contribution in [3.05, 3.63) is 17.6 Å². The lowest BCUT2D eigenvalue weighted by atomic mass is 10.0. The molecule has 1 amide bonds. The summed E-state index contributed by atoms with van der Waals surface area (Å²) in [5, 5.41) is 13.2. The van der Waals surface area contributed by atoms with Gasteiger partial charge in [-0.25, -0.2) is 4.68 Å². The maximum atomic E-state index is 12.8. The van der Waals surface area contributed by atoms with Crippen molar-refractivity contribution < 1.29 is 14.7 Å². The average molecular weight is 307 g/mol. The van der Waals surface area contributed by atoms with E-state index >= 15 is 0 Å². The minimum absolute atomic E-state index is 0.262. The van der Waals surface area contributed by atoms with Crippen LogP contribution < -0.4 is 4.90 Å². The van der Waals surface area contributed by atoms with Gasteiger partial charge in [-0.1, -0.05) is 6.92 Å². The number of amides is 1. The molecule has 0 aromatic carbocycles. The quantitative estimate of drug-likeness (QED) is 0.868. The number of fused-ring (bicyclic) bond motifs is 1. The van der Waals surface area contributed by atoms with Crippen LogP contribution in [0.5, 0.6) is 0 Å². The second kappa shape index (κ2) is 6.17. The molecule has 1 N–H and O–H groups in total. The summed E-state index contributed by atoms with van der Waals surface area (Å²) in [7, 11) is 1.82. The van der Waals surface area contributed by atoms with Gasteiger partial charge < -0.3 is 14.9 Å². The third kappa shape index (κ3) is 2.68. The first-order chi connectivity index (χ1) is 10.4. The lowest BCUT2D eigenvalue weighted by Gasteiger charge is -2.33. The number of hydrogen-bond acceptors (Lipinski definition) is 5. The van der Waals surface area contributed by atoms with Crippen molar-refractivity contribution in [1.29, 1.82) is 0 Å². The standard InChI is InChI=1S/C14H21N5O3/c1-5-6-18(7-11(20)21)13(22)12-9(2)17(4)14-15-8-16-19(14)10(12)3/h8,10H,5-7H2,1-4H3,(H,20,21). The molecule has 0 bridgehead atoms. The highest BCUT2D eigenvalue weighted by atomic mass is 16.4. The predicted molar refractivity (Wildman–Crippen MR) is 80.3 cm³/mol. The summed E-state index contributed by atoms with van der Waals surface area (Å²) >= 11 is 0. The van der Waals surface area contributed by atoms with Crippen molar-refractivity contribution in [2.45, 2.75) is 33.2 Å². The molecule has 1 aromatic heterocycles. The Kier molecular flexibility index (Phi) is 4.48. The zero-order valence-corrected chi connectivity index (χ0v) is 13.3. The Morgan fingerprint density at radius 1 is 1.45 bits per heavy atom. The molecule has 0 fully saturated rings. The average Bonchev–Trinajstić information content (AvgIpc) is 2.94. The van der Waals surface area contributed by atoms with Crippen LogP contribution >= 0.6 is 0 Å². The molecule has 8 heteroatoms. The van der Waals surface area contributed by atoms with E-state index in [-0.39, 0.29) is 18.5 Å². The highest BCUT2D eigenvalue weighted by Crippen LogP contribution is 2.33. The molecule has 2 heterocycles. The normalized spacial score (nSPS) is 17.5. The van der Waals surface area contributed by atoms with Crippen LogP contribution in [0, 0.1) is 0 Å². The molecule has 1 atom stereocenters. The summed E-state index contributed by atoms with van der Waals surface area (Å²) in [4.78, 5) is 31.2. The van der Waals surface area contributed by atoms with Gasteiger partial charge in [0, 0.05) is 19.3 Å². The van der Waals surface area contributed by atoms with E-state index in [2.05, 4.69) is 10.1 Å². The monoisotopic (exact) mass is 307 g/mol. The number of rotatable bonds is 5. The zero-order chi connectivity index (χ0) is 16.4. The molecule has 0 aliphatic carbocycles. The third-order valence-corrected chi connectivity index (χ3v) is 3.87. The van der Waals surface area contributed by atoms with E-state index in [1.54, 1.807) is 9.58 Å². The van der Waals surface area contributed by atoms with Crippen LogP contribution in [-0.2, 0) is 9.59 Å². The van der Waals surface area contributed by atoms with E-state index < -0.39 is 5.97 Å². The number of carbonyl (C=O) groups excluding carboxylic acids is 1. The first-order valence-corrected chi connectivity index (χ1v) is 7.23. The molecule has 2 rings (SSSR count). The summed E-state index contributed by atoms with van der Waals surface area (Å²) in [5.41, 5.74) is 1.32. The largest absolute Gasteiger partial charge is 0.480 e. The topological polar surface area (TPSA) is 91.6 Å². The molecule has 1 aromatic rings. The lowest BCUT2D eigenvalue weighted by molar-refractivity contribution is -0.143. The number of aromatic nitrogens is 3. The van der Waals surface area contributed by atoms with Crippen LogP contribution in [0.4, 0.5) is 5.95 Å². The molecular weight excluding hydrogens is 286 g/mol. The highest BCUT2D eigenvalue weighted by Gasteiger charge is 2.34. The fraction of sp³-hybridized carbons (Fsp3) is 0.571. The van der Waals surface area contributed by atoms with Crippen molar-refractivity contribution >= 4 is 17.8 Å². The number of carboxylic acids is 1. The summed E-state index contributed by atoms with van der Waals surface area (Å²) in [6, 6.07) is -0.283. The molecular formula is C14H21N5O3. The van der Waals surface area contributed by atoms with E-state index in [4.69, 9.17) is 5.11 Å². The minimum atomic E-state index is -1.02. The highest BCUT2D eigenvalue weighted by molar-refractivity contribution is 5.97. The lowest BCUT2D eigenvalue weighted by Crippen LogP contribution is -2.42. The van der Waals surface area contributed by atoms with E-state index in [9.17, 15) is 9.59 Å². The third-order valence-electron chi connectivity index (χ3n) is 3.87. The second-order valence-corrected chi connectivity index (χ2v) is 5.36. The van der Waals surface area contributed by atoms with E-state index in [1.165, 1.54) is 11.2 Å². The van der Waals surface area contributed by atoms with Gasteiger partial charge in [0.25, 0.3) is 5.91 Å². The summed E-state index contributed by atoms with van der Waals surface area (Å²) in [6.07, 6.45) is 2.15. The smallest absolute Gasteiger partial charge is 0.323 e. The number of carboxylic acid groups (broad SMARTS) is 1. The van der Waals surface area contributed by atoms with Gasteiger partial charge in [0.1, 0.15) is 12.9 Å². The maximum Gasteiger partial charge on any atom is 0.323 e. The van der Waals surface area contributed by atoms with Crippen molar-refractivity contribution in [2.24, 2.45) is 0 Å². The van der Waals surface area contributed by atoms with Crippen LogP contribution in [0.15, 0.2) is 17.6 Å². The van der Waals surface area contributed by atoms with Gasteiger partial charge in [0.05, 0.1) is 11.6 Å². The van der Waals surface area contributed by atoms with E-state index in [0.29, 0.717) is 24.5 Å². The van der Waals surface area contributed by atoms with Crippen LogP contribution in [0.2, 0.25) is 0 Å². The number of hydrogen-bond donors (Lipinski definition) is 1. The molecule has 120 valence electrons. The summed E-state index contributed by atoms with van der Waals surface area (Å²) < 4.78 is 1.67. The fourth-order valence-electron chi connectivity index (χ4n) is 2.70. The molecule has 22 heavy (non-hydrogen) atoms. The predicted octanol–water partition coefficient (Wildman–Crippen LogP) is 0.886. The Hall–Kier alpha value is -2.38. The maximum absolute atomic E-state index is 12.8. The molecule has 1 aliphatic rings. The van der Waals surface area contributed by atoms with Crippen molar-refractivity contribution in [2.75, 3.05) is 25.0 Å². The van der Waals surface area contributed by atoms with E-state index in [0.717, 1.165) is 5.70 Å². The van der Waals surface area contributed by atoms with Crippen LogP contribution in [0.25, 0.3) is 0 Å². The second-order valence-electron chi connectivity index (χ2n) is 5.36. The van der Waals surface area contributed by atoms with Crippen molar-refractivity contribution in [3.63, 3.8) is 0 Å². The van der Waals surface area contributed by atoms with Gasteiger partial charge in [0.15, 0.2) is 0 Å². The zero-order valence-electron chi connectivity index (χ0n) is 13.3. The van der Waals surface area contributed by atoms with E-state index in [1.807, 2.05) is 27.8 Å². The number of carbonyl (C=O) groups is 2. The van der Waals surface area contributed by atoms with Gasteiger partial charge in [0.2, 0.25) is 5.95 Å². The molecule has 8 nitrogen and oxygen atoms in total. The minimum Gasteiger partial charge on any atom is -0.480 e. The fourth-order valence-corrected chi connectivity index (χ4v) is 2.70. The Morgan fingerprint density at radius 2 is 2.14 bits per heavy atom. The summed E-state index contributed by atoms with van der Waals surface area (Å²) in [5.74, 6) is -0.609. The Labute approximate surface area is 129 Å². The van der Waals surface area contributed by atoms with Gasteiger partial charge in [-0.05, 0) is 20.3 Å². The Morgan fingerprint density at radius 3 is 2.73 bits per heavy atom. The molecule has 1 aliphatic heterocycles. The van der Waals surface area contributed by atoms with Crippen molar-refractivity contribution in [3.8, 4) is 0 Å². The van der Waals surface area contributed by atoms with Crippen LogP contribution in [-0.4, -0.2) is 56.8 Å². The first-order valence-electron chi connectivity index (χ1n) is 7.23. The van der Waals surface area contributed by atoms with Crippen LogP contribution in [0.3, 0.4) is 0 Å². The SMILES string of the molecule is CCCN(CC(=O)O)C(=O)C1=C(C)N(C)c2ncnn2C1C. The van der Waals surface area contributed by atoms with Crippen molar-refractivity contribution in [1.82, 2.24) is 19.7 Å². The molecule has 0 radical (unpaired) electrons. The summed E-state index contributed by atoms with van der Waals surface area (Å²) in [6.45, 7) is 5.72. The number of allylic oxidation sites excluding steroid dienone is 1. The number of nitrogens with zero attached hydrogens (tertiary/aromatic N) is 5. The van der Waals surface area contributed by atoms with Gasteiger partial charge >= 0.3 is 5.97 Å². The van der Waals surface area contributed by atoms with Gasteiger partial charge in [-0.15, -0.1) is 0 Å². The van der Waals surface area contributed by atoms with Crippen LogP contribution in [0.1, 0.15) is 33.2 Å². The molecule has 0 saturated carbocycles. The molecule has 0 spiro atoms. The number of aliphatic carboxylic acids is 1. The molecule has 0 saturated heterocycles. The Balaban J connectivity index is 2.38. The first kappa shape index (κ1) is 16.0. The molecule has 1 unspecified atom stereocenters. The number of anilines is 1. The van der Waals surface area contributed by atoms with Gasteiger partial charge in [-0.3, -0.25) is 9.59 Å². The van der Waals surface area contributed by atoms with Gasteiger partial charge in [-0.2, -0.15) is 10.1 Å². The Bertz CT molecular complexity index is 622.